The van der Waals surface area contributed by atoms with Crippen LogP contribution in [-0.4, -0.2) is 31.7 Å². The van der Waals surface area contributed by atoms with E-state index in [0.717, 1.165) is 0 Å². The standard InChI is InChI=1S/C15H18N2O4S2/c18-15(16-10-13-5-2-8-21-13)12-4-1-7-17(11-12)23(19,20)14-6-3-9-22-14/h2-3,5-6,8-9,12H,1,4,7,10-11H2,(H,16,18)/t12-/m1/s1. The van der Waals surface area contributed by atoms with E-state index in [-0.39, 0.29) is 18.4 Å². The highest BCUT2D eigenvalue weighted by Crippen LogP contribution is 2.26. The van der Waals surface area contributed by atoms with E-state index in [1.807, 2.05) is 0 Å². The fourth-order valence-electron chi connectivity index (χ4n) is 2.64. The molecule has 0 unspecified atom stereocenters. The minimum absolute atomic E-state index is 0.132. The Morgan fingerprint density at radius 3 is 2.96 bits per heavy atom. The van der Waals surface area contributed by atoms with Gasteiger partial charge in [0.1, 0.15) is 9.97 Å². The Labute approximate surface area is 139 Å². The van der Waals surface area contributed by atoms with Crippen molar-refractivity contribution in [2.24, 2.45) is 5.92 Å². The topological polar surface area (TPSA) is 79.6 Å². The van der Waals surface area contributed by atoms with Crippen LogP contribution in [0.3, 0.4) is 0 Å². The molecular formula is C15H18N2O4S2. The third kappa shape index (κ3) is 3.65. The smallest absolute Gasteiger partial charge is 0.252 e. The number of nitrogens with one attached hydrogen (secondary N) is 1. The molecule has 1 fully saturated rings. The van der Waals surface area contributed by atoms with Crippen LogP contribution in [0.5, 0.6) is 0 Å². The SMILES string of the molecule is O=C(NCc1ccco1)[C@@H]1CCCN(S(=O)(=O)c2cccs2)C1. The molecule has 0 radical (unpaired) electrons. The summed E-state index contributed by atoms with van der Waals surface area (Å²) in [6.45, 7) is 1.01. The normalized spacial score (nSPS) is 19.6. The largest absolute Gasteiger partial charge is 0.467 e. The number of carbonyl (C=O) groups is 1. The highest BCUT2D eigenvalue weighted by molar-refractivity contribution is 7.91. The number of thiophene rings is 1. The quantitative estimate of drug-likeness (QED) is 0.891. The molecule has 124 valence electrons. The van der Waals surface area contributed by atoms with Crippen molar-refractivity contribution in [1.29, 1.82) is 0 Å². The van der Waals surface area contributed by atoms with Crippen molar-refractivity contribution in [3.05, 3.63) is 41.7 Å². The van der Waals surface area contributed by atoms with Crippen molar-refractivity contribution >= 4 is 27.3 Å². The highest BCUT2D eigenvalue weighted by Gasteiger charge is 2.33. The lowest BCUT2D eigenvalue weighted by Gasteiger charge is -2.30. The van der Waals surface area contributed by atoms with Gasteiger partial charge in [0.25, 0.3) is 10.0 Å². The number of hydrogen-bond acceptors (Lipinski definition) is 5. The Balaban J connectivity index is 1.63. The lowest BCUT2D eigenvalue weighted by molar-refractivity contribution is -0.126. The molecule has 1 saturated heterocycles. The van der Waals surface area contributed by atoms with E-state index in [0.29, 0.717) is 35.9 Å². The number of carbonyl (C=O) groups excluding carboxylic acids is 1. The molecule has 23 heavy (non-hydrogen) atoms. The highest BCUT2D eigenvalue weighted by atomic mass is 32.2. The second-order valence-electron chi connectivity index (χ2n) is 5.43. The lowest BCUT2D eigenvalue weighted by Crippen LogP contribution is -2.45. The molecule has 1 aliphatic rings. The van der Waals surface area contributed by atoms with Gasteiger partial charge in [-0.15, -0.1) is 11.3 Å². The van der Waals surface area contributed by atoms with Crippen LogP contribution in [0.15, 0.2) is 44.5 Å². The Hall–Kier alpha value is -1.64. The van der Waals surface area contributed by atoms with E-state index in [4.69, 9.17) is 4.42 Å². The summed E-state index contributed by atoms with van der Waals surface area (Å²) >= 11 is 1.20. The zero-order valence-corrected chi connectivity index (χ0v) is 14.1. The lowest BCUT2D eigenvalue weighted by atomic mass is 9.99. The molecule has 1 aliphatic heterocycles. The summed E-state index contributed by atoms with van der Waals surface area (Å²) in [6, 6.07) is 6.86. The number of hydrogen-bond donors (Lipinski definition) is 1. The van der Waals surface area contributed by atoms with Crippen LogP contribution in [0.25, 0.3) is 0 Å². The molecule has 2 aromatic heterocycles. The second-order valence-corrected chi connectivity index (χ2v) is 8.54. The van der Waals surface area contributed by atoms with Crippen LogP contribution >= 0.6 is 11.3 Å². The Morgan fingerprint density at radius 2 is 2.26 bits per heavy atom. The predicted molar refractivity (Wildman–Crippen MR) is 86.4 cm³/mol. The zero-order chi connectivity index (χ0) is 16.3. The molecule has 1 N–H and O–H groups in total. The average molecular weight is 354 g/mol. The molecule has 0 bridgehead atoms. The first-order chi connectivity index (χ1) is 11.1. The first-order valence-electron chi connectivity index (χ1n) is 7.41. The van der Waals surface area contributed by atoms with E-state index in [1.165, 1.54) is 15.6 Å². The molecule has 1 amide bonds. The van der Waals surface area contributed by atoms with E-state index in [1.54, 1.807) is 35.9 Å². The Morgan fingerprint density at radius 1 is 1.39 bits per heavy atom. The minimum atomic E-state index is -3.49. The number of nitrogens with zero attached hydrogens (tertiary/aromatic N) is 1. The van der Waals surface area contributed by atoms with E-state index < -0.39 is 10.0 Å². The summed E-state index contributed by atoms with van der Waals surface area (Å²) in [5.74, 6) is 0.221. The third-order valence-corrected chi connectivity index (χ3v) is 7.10. The van der Waals surface area contributed by atoms with Crippen molar-refractivity contribution in [3.8, 4) is 0 Å². The van der Waals surface area contributed by atoms with E-state index in [9.17, 15) is 13.2 Å². The maximum atomic E-state index is 12.6. The molecule has 3 rings (SSSR count). The summed E-state index contributed by atoms with van der Waals surface area (Å²) < 4.78 is 32.0. The van der Waals surface area contributed by atoms with Gasteiger partial charge >= 0.3 is 0 Å². The first kappa shape index (κ1) is 16.2. The molecule has 1 atom stereocenters. The van der Waals surface area contributed by atoms with Gasteiger partial charge in [-0.25, -0.2) is 8.42 Å². The van der Waals surface area contributed by atoms with Gasteiger partial charge in [0.05, 0.1) is 18.7 Å². The van der Waals surface area contributed by atoms with Crippen molar-refractivity contribution in [3.63, 3.8) is 0 Å². The third-order valence-electron chi connectivity index (χ3n) is 3.86. The molecular weight excluding hydrogens is 336 g/mol. The van der Waals surface area contributed by atoms with Gasteiger partial charge in [0.15, 0.2) is 0 Å². The van der Waals surface area contributed by atoms with Crippen LogP contribution in [0.1, 0.15) is 18.6 Å². The number of sulfonamides is 1. The van der Waals surface area contributed by atoms with Crippen molar-refractivity contribution in [2.45, 2.75) is 23.6 Å². The fourth-order valence-corrected chi connectivity index (χ4v) is 5.31. The number of furan rings is 1. The van der Waals surface area contributed by atoms with Crippen molar-refractivity contribution in [2.75, 3.05) is 13.1 Å². The summed E-state index contributed by atoms with van der Waals surface area (Å²) in [6.07, 6.45) is 2.93. The molecule has 0 saturated carbocycles. The van der Waals surface area contributed by atoms with Crippen molar-refractivity contribution < 1.29 is 17.6 Å². The minimum Gasteiger partial charge on any atom is -0.467 e. The molecule has 8 heteroatoms. The van der Waals surface area contributed by atoms with Gasteiger partial charge in [0, 0.05) is 13.1 Å². The van der Waals surface area contributed by atoms with Crippen LogP contribution in [0.2, 0.25) is 0 Å². The van der Waals surface area contributed by atoms with Gasteiger partial charge < -0.3 is 9.73 Å². The molecule has 0 aromatic carbocycles. The van der Waals surface area contributed by atoms with E-state index in [2.05, 4.69) is 5.32 Å². The van der Waals surface area contributed by atoms with Crippen LogP contribution in [0.4, 0.5) is 0 Å². The first-order valence-corrected chi connectivity index (χ1v) is 9.73. The molecule has 0 aliphatic carbocycles. The molecule has 0 spiro atoms. The summed E-state index contributed by atoms with van der Waals surface area (Å²) in [4.78, 5) is 12.3. The Bertz CT molecular complexity index is 739. The maximum Gasteiger partial charge on any atom is 0.252 e. The number of rotatable bonds is 5. The van der Waals surface area contributed by atoms with Gasteiger partial charge in [-0.05, 0) is 36.4 Å². The van der Waals surface area contributed by atoms with Gasteiger partial charge in [0.2, 0.25) is 5.91 Å². The van der Waals surface area contributed by atoms with Crippen LogP contribution in [0, 0.1) is 5.92 Å². The average Bonchev–Trinajstić information content (AvgIpc) is 3.26. The van der Waals surface area contributed by atoms with Crippen LogP contribution < -0.4 is 5.32 Å². The summed E-state index contributed by atoms with van der Waals surface area (Å²) in [5, 5.41) is 4.55. The summed E-state index contributed by atoms with van der Waals surface area (Å²) in [7, 11) is -3.49. The monoisotopic (exact) mass is 354 g/mol. The number of piperidine rings is 1. The molecule has 2 aromatic rings. The van der Waals surface area contributed by atoms with Crippen molar-refractivity contribution in [1.82, 2.24) is 9.62 Å². The zero-order valence-electron chi connectivity index (χ0n) is 12.5. The van der Waals surface area contributed by atoms with E-state index >= 15 is 0 Å². The van der Waals surface area contributed by atoms with Crippen LogP contribution in [-0.2, 0) is 21.4 Å². The maximum absolute atomic E-state index is 12.6. The van der Waals surface area contributed by atoms with Gasteiger partial charge in [-0.1, -0.05) is 6.07 Å². The Kier molecular flexibility index (Phi) is 4.84. The second kappa shape index (κ2) is 6.86. The number of amides is 1. The predicted octanol–water partition coefficient (Wildman–Crippen LogP) is 2.06. The molecule has 6 nitrogen and oxygen atoms in total. The van der Waals surface area contributed by atoms with Gasteiger partial charge in [-0.2, -0.15) is 4.31 Å². The molecule has 3 heterocycles. The fraction of sp³-hybridized carbons (Fsp3) is 0.400. The summed E-state index contributed by atoms with van der Waals surface area (Å²) in [5.41, 5.74) is 0. The van der Waals surface area contributed by atoms with Gasteiger partial charge in [-0.3, -0.25) is 4.79 Å².